The molecule has 0 aliphatic rings. The monoisotopic (exact) mass is 251 g/mol. The molecule has 0 bridgehead atoms. The third-order valence-electron chi connectivity index (χ3n) is 3.25. The summed E-state index contributed by atoms with van der Waals surface area (Å²) in [5, 5.41) is 1.18. The summed E-state index contributed by atoms with van der Waals surface area (Å²) in [6.45, 7) is 1.49. The summed E-state index contributed by atoms with van der Waals surface area (Å²) in [6, 6.07) is 14.5. The molecule has 0 atom stereocenters. The zero-order chi connectivity index (χ0) is 13.1. The molecule has 96 valence electrons. The Labute approximate surface area is 112 Å². The average Bonchev–Trinajstić information content (AvgIpc) is 2.86. The summed E-state index contributed by atoms with van der Waals surface area (Å²) in [4.78, 5) is 4.68. The maximum Gasteiger partial charge on any atom is 0.0706 e. The van der Waals surface area contributed by atoms with Crippen molar-refractivity contribution in [3.63, 3.8) is 0 Å². The van der Waals surface area contributed by atoms with Gasteiger partial charge in [0.25, 0.3) is 0 Å². The second-order valence-corrected chi connectivity index (χ2v) is 4.73. The van der Waals surface area contributed by atoms with Crippen molar-refractivity contribution in [3.8, 4) is 0 Å². The minimum atomic E-state index is 0.693. The number of para-hydroxylation sites is 1. The van der Waals surface area contributed by atoms with Gasteiger partial charge in [-0.2, -0.15) is 0 Å². The second kappa shape index (κ2) is 5.24. The molecule has 19 heavy (non-hydrogen) atoms. The average molecular weight is 251 g/mol. The molecule has 0 amide bonds. The molecular weight excluding hydrogens is 234 g/mol. The number of pyridine rings is 1. The lowest BCUT2D eigenvalue weighted by Crippen LogP contribution is -2.02. The van der Waals surface area contributed by atoms with Gasteiger partial charge >= 0.3 is 0 Å². The van der Waals surface area contributed by atoms with Crippen LogP contribution in [0.1, 0.15) is 11.3 Å². The molecule has 0 fully saturated rings. The molecular formula is C16H17N3. The Balaban J connectivity index is 1.83. The van der Waals surface area contributed by atoms with Gasteiger partial charge in [-0.05, 0) is 36.7 Å². The molecule has 3 nitrogen and oxygen atoms in total. The minimum absolute atomic E-state index is 0.693. The molecule has 0 radical (unpaired) electrons. The Morgan fingerprint density at radius 3 is 2.84 bits per heavy atom. The Morgan fingerprint density at radius 1 is 1.05 bits per heavy atom. The Bertz CT molecular complexity index is 685. The normalized spacial score (nSPS) is 11.0. The van der Waals surface area contributed by atoms with Gasteiger partial charge in [0.2, 0.25) is 0 Å². The highest BCUT2D eigenvalue weighted by atomic mass is 15.0. The van der Waals surface area contributed by atoms with Gasteiger partial charge in [-0.3, -0.25) is 4.98 Å². The summed E-state index contributed by atoms with van der Waals surface area (Å²) in [7, 11) is 0. The Kier molecular flexibility index (Phi) is 3.29. The number of rotatable bonds is 4. The van der Waals surface area contributed by atoms with Crippen LogP contribution in [0.5, 0.6) is 0 Å². The van der Waals surface area contributed by atoms with Gasteiger partial charge in [-0.25, -0.2) is 0 Å². The fourth-order valence-corrected chi connectivity index (χ4v) is 2.29. The van der Waals surface area contributed by atoms with Crippen LogP contribution < -0.4 is 5.73 Å². The number of benzene rings is 1. The lowest BCUT2D eigenvalue weighted by molar-refractivity contribution is 0.780. The summed E-state index contributed by atoms with van der Waals surface area (Å²) in [5.74, 6) is 0. The first-order chi connectivity index (χ1) is 9.35. The second-order valence-electron chi connectivity index (χ2n) is 4.73. The predicted octanol–water partition coefficient (Wildman–Crippen LogP) is 2.59. The van der Waals surface area contributed by atoms with Gasteiger partial charge in [0, 0.05) is 17.8 Å². The minimum Gasteiger partial charge on any atom is -0.348 e. The SMILES string of the molecule is NCCc1ccn(Cc2ccc3ccccc3n2)c1. The molecule has 2 heterocycles. The fourth-order valence-electron chi connectivity index (χ4n) is 2.29. The van der Waals surface area contributed by atoms with E-state index in [0.29, 0.717) is 6.54 Å². The number of hydrogen-bond donors (Lipinski definition) is 1. The van der Waals surface area contributed by atoms with Crippen molar-refractivity contribution in [3.05, 3.63) is 66.1 Å². The molecule has 3 rings (SSSR count). The van der Waals surface area contributed by atoms with Crippen molar-refractivity contribution < 1.29 is 0 Å². The first-order valence-corrected chi connectivity index (χ1v) is 6.54. The predicted molar refractivity (Wildman–Crippen MR) is 78.0 cm³/mol. The highest BCUT2D eigenvalue weighted by Crippen LogP contribution is 2.13. The maximum absolute atomic E-state index is 5.56. The van der Waals surface area contributed by atoms with Crippen LogP contribution in [0.4, 0.5) is 0 Å². The summed E-state index contributed by atoms with van der Waals surface area (Å²) < 4.78 is 2.15. The van der Waals surface area contributed by atoms with E-state index in [1.54, 1.807) is 0 Å². The zero-order valence-electron chi connectivity index (χ0n) is 10.8. The quantitative estimate of drug-likeness (QED) is 0.774. The van der Waals surface area contributed by atoms with E-state index in [9.17, 15) is 0 Å². The lowest BCUT2D eigenvalue weighted by atomic mass is 10.2. The van der Waals surface area contributed by atoms with Crippen molar-refractivity contribution in [1.82, 2.24) is 9.55 Å². The van der Waals surface area contributed by atoms with Crippen LogP contribution in [0.2, 0.25) is 0 Å². The largest absolute Gasteiger partial charge is 0.348 e. The van der Waals surface area contributed by atoms with Crippen molar-refractivity contribution >= 4 is 10.9 Å². The topological polar surface area (TPSA) is 43.8 Å². The van der Waals surface area contributed by atoms with Crippen LogP contribution in [-0.2, 0) is 13.0 Å². The summed E-state index contributed by atoms with van der Waals surface area (Å²) >= 11 is 0. The smallest absolute Gasteiger partial charge is 0.0706 e. The van der Waals surface area contributed by atoms with Gasteiger partial charge in [-0.15, -0.1) is 0 Å². The van der Waals surface area contributed by atoms with Crippen LogP contribution in [0.3, 0.4) is 0 Å². The molecule has 0 aliphatic heterocycles. The molecule has 0 saturated carbocycles. The number of hydrogen-bond acceptors (Lipinski definition) is 2. The van der Waals surface area contributed by atoms with Gasteiger partial charge in [0.15, 0.2) is 0 Å². The van der Waals surface area contributed by atoms with Crippen molar-refractivity contribution in [1.29, 1.82) is 0 Å². The first-order valence-electron chi connectivity index (χ1n) is 6.54. The van der Waals surface area contributed by atoms with Crippen LogP contribution >= 0.6 is 0 Å². The summed E-state index contributed by atoms with van der Waals surface area (Å²) in [5.41, 5.74) is 8.97. The maximum atomic E-state index is 5.56. The lowest BCUT2D eigenvalue weighted by Gasteiger charge is -2.04. The van der Waals surface area contributed by atoms with E-state index in [0.717, 1.165) is 24.2 Å². The number of nitrogens with zero attached hydrogens (tertiary/aromatic N) is 2. The van der Waals surface area contributed by atoms with Crippen LogP contribution in [-0.4, -0.2) is 16.1 Å². The van der Waals surface area contributed by atoms with E-state index < -0.39 is 0 Å². The van der Waals surface area contributed by atoms with Crippen molar-refractivity contribution in [2.75, 3.05) is 6.54 Å². The molecule has 0 aliphatic carbocycles. The van der Waals surface area contributed by atoms with Crippen LogP contribution in [0, 0.1) is 0 Å². The first kappa shape index (κ1) is 11.9. The molecule has 0 spiro atoms. The molecule has 3 aromatic rings. The van der Waals surface area contributed by atoms with E-state index in [2.05, 4.69) is 46.2 Å². The molecule has 1 aromatic carbocycles. The standard InChI is InChI=1S/C16H17N3/c17-9-7-13-8-10-19(11-13)12-15-6-5-14-3-1-2-4-16(14)18-15/h1-6,8,10-11H,7,9,12,17H2. The van der Waals surface area contributed by atoms with Gasteiger partial charge in [0.1, 0.15) is 0 Å². The van der Waals surface area contributed by atoms with E-state index in [1.807, 2.05) is 18.2 Å². The van der Waals surface area contributed by atoms with E-state index in [4.69, 9.17) is 5.73 Å². The zero-order valence-corrected chi connectivity index (χ0v) is 10.8. The van der Waals surface area contributed by atoms with Crippen molar-refractivity contribution in [2.24, 2.45) is 5.73 Å². The molecule has 0 saturated heterocycles. The number of nitrogens with two attached hydrogens (primary N) is 1. The van der Waals surface area contributed by atoms with Crippen LogP contribution in [0.15, 0.2) is 54.9 Å². The van der Waals surface area contributed by atoms with E-state index in [1.165, 1.54) is 10.9 Å². The third-order valence-corrected chi connectivity index (χ3v) is 3.25. The molecule has 2 N–H and O–H groups in total. The highest BCUT2D eigenvalue weighted by Gasteiger charge is 2.00. The van der Waals surface area contributed by atoms with Crippen LogP contribution in [0.25, 0.3) is 10.9 Å². The summed E-state index contributed by atoms with van der Waals surface area (Å²) in [6.07, 6.45) is 5.16. The van der Waals surface area contributed by atoms with Gasteiger partial charge in [-0.1, -0.05) is 24.3 Å². The molecule has 0 unspecified atom stereocenters. The van der Waals surface area contributed by atoms with Crippen molar-refractivity contribution in [2.45, 2.75) is 13.0 Å². The molecule has 2 aromatic heterocycles. The van der Waals surface area contributed by atoms with Gasteiger partial charge < -0.3 is 10.3 Å². The number of fused-ring (bicyclic) bond motifs is 1. The fraction of sp³-hybridized carbons (Fsp3) is 0.188. The highest BCUT2D eigenvalue weighted by molar-refractivity contribution is 5.78. The third kappa shape index (κ3) is 2.66. The molecule has 3 heteroatoms. The Morgan fingerprint density at radius 2 is 1.95 bits per heavy atom. The number of aromatic nitrogens is 2. The van der Waals surface area contributed by atoms with E-state index >= 15 is 0 Å². The van der Waals surface area contributed by atoms with Gasteiger partial charge in [0.05, 0.1) is 17.8 Å². The van der Waals surface area contributed by atoms with E-state index in [-0.39, 0.29) is 0 Å². The Hall–Kier alpha value is -2.13.